The Kier molecular flexibility index (Phi) is 16.2. The van der Waals surface area contributed by atoms with Gasteiger partial charge in [0.1, 0.15) is 18.7 Å². The summed E-state index contributed by atoms with van der Waals surface area (Å²) in [7, 11) is 2.18. The van der Waals surface area contributed by atoms with Crippen LogP contribution in [0.3, 0.4) is 0 Å². The number of fused-ring (bicyclic) bond motifs is 3. The number of nitrogens with zero attached hydrogens (tertiary/aromatic N) is 3. The molecule has 65 heavy (non-hydrogen) atoms. The lowest BCUT2D eigenvalue weighted by molar-refractivity contribution is -0.401. The Morgan fingerprint density at radius 3 is 2.38 bits per heavy atom. The second kappa shape index (κ2) is 22.2. The number of rotatable bonds is 23. The van der Waals surface area contributed by atoms with Crippen LogP contribution in [0, 0.1) is 0 Å². The minimum atomic E-state index is -0.109. The van der Waals surface area contributed by atoms with Gasteiger partial charge in [-0.25, -0.2) is 4.99 Å². The summed E-state index contributed by atoms with van der Waals surface area (Å²) in [5, 5.41) is 6.28. The number of ether oxygens (including phenoxy) is 3. The number of allylic oxidation sites excluding steroid dienone is 8. The molecule has 2 aromatic carbocycles. The molecule has 0 saturated heterocycles. The van der Waals surface area contributed by atoms with Gasteiger partial charge in [-0.3, -0.25) is 9.59 Å². The topological polar surface area (TPSA) is 146 Å². The van der Waals surface area contributed by atoms with Crippen molar-refractivity contribution in [3.8, 4) is 0 Å². The minimum Gasteiger partial charge on any atom is -0.387 e. The van der Waals surface area contributed by atoms with Crippen molar-refractivity contribution in [3.63, 3.8) is 0 Å². The molecule has 3 aliphatic heterocycles. The molecule has 1 aliphatic carbocycles. The Labute approximate surface area is 385 Å². The summed E-state index contributed by atoms with van der Waals surface area (Å²) in [6.07, 6.45) is 20.4. The quantitative estimate of drug-likeness (QED) is 0.0549. The molecule has 3 aromatic rings. The number of para-hydroxylation sites is 2. The number of benzene rings is 2. The van der Waals surface area contributed by atoms with Crippen LogP contribution < -0.4 is 21.3 Å². The highest BCUT2D eigenvalue weighted by atomic mass is 16.5. The highest BCUT2D eigenvalue weighted by Crippen LogP contribution is 2.48. The number of amidine groups is 1. The molecule has 0 atom stereocenters. The van der Waals surface area contributed by atoms with E-state index < -0.39 is 0 Å². The van der Waals surface area contributed by atoms with Gasteiger partial charge in [-0.2, -0.15) is 4.58 Å². The summed E-state index contributed by atoms with van der Waals surface area (Å²) in [5.74, 6) is 0.927. The maximum Gasteiger partial charge on any atom is 0.220 e. The Morgan fingerprint density at radius 1 is 0.877 bits per heavy atom. The molecular formula is C53H70N7O5+. The Hall–Kier alpha value is -5.40. The lowest BCUT2D eigenvalue weighted by Crippen LogP contribution is -2.28. The lowest BCUT2D eigenvalue weighted by atomic mass is 9.81. The number of H-pyrrole nitrogens is 1. The van der Waals surface area contributed by atoms with Crippen LogP contribution >= 0.6 is 0 Å². The SMILES string of the molecule is C[N+]1=C(C=CC2=CC(=CC=C3N(CCCCCC(=O)NCCOCCOCCOCCNCc4c[nH]c5c4C(=O)CC(N)=N5)c4ccccc4C3(C)C)CCC2)C(C)(C)c2ccccc21. The largest absolute Gasteiger partial charge is 0.387 e. The van der Waals surface area contributed by atoms with Crippen LogP contribution in [0.5, 0.6) is 0 Å². The number of aliphatic imine (C=N–C) groups is 1. The molecule has 5 N–H and O–H groups in total. The molecular weight excluding hydrogens is 815 g/mol. The number of anilines is 1. The minimum absolute atomic E-state index is 0.00952. The van der Waals surface area contributed by atoms with Crippen LogP contribution in [0.4, 0.5) is 17.2 Å². The monoisotopic (exact) mass is 885 g/mol. The van der Waals surface area contributed by atoms with Crippen molar-refractivity contribution in [1.82, 2.24) is 15.6 Å². The zero-order valence-electron chi connectivity index (χ0n) is 39.3. The molecule has 0 saturated carbocycles. The van der Waals surface area contributed by atoms with Crippen molar-refractivity contribution >= 4 is 40.4 Å². The van der Waals surface area contributed by atoms with Gasteiger partial charge in [0.2, 0.25) is 11.6 Å². The summed E-state index contributed by atoms with van der Waals surface area (Å²) in [6.45, 7) is 14.8. The predicted molar refractivity (Wildman–Crippen MR) is 261 cm³/mol. The molecule has 12 nitrogen and oxygen atoms in total. The Balaban J connectivity index is 0.765. The van der Waals surface area contributed by atoms with Gasteiger partial charge in [0.05, 0.1) is 57.0 Å². The Morgan fingerprint density at radius 2 is 1.60 bits per heavy atom. The molecule has 12 heteroatoms. The van der Waals surface area contributed by atoms with Gasteiger partial charge < -0.3 is 40.5 Å². The molecule has 0 unspecified atom stereocenters. The van der Waals surface area contributed by atoms with E-state index in [4.69, 9.17) is 19.9 Å². The van der Waals surface area contributed by atoms with Crippen molar-refractivity contribution in [3.05, 3.63) is 124 Å². The van der Waals surface area contributed by atoms with Crippen LogP contribution in [0.25, 0.3) is 0 Å². The molecule has 1 aromatic heterocycles. The molecule has 1 amide bonds. The number of nitrogens with two attached hydrogens (primary N) is 1. The maximum atomic E-state index is 12.6. The van der Waals surface area contributed by atoms with E-state index in [1.54, 1.807) is 6.20 Å². The number of aromatic amines is 1. The van der Waals surface area contributed by atoms with Gasteiger partial charge >= 0.3 is 0 Å². The van der Waals surface area contributed by atoms with Gasteiger partial charge in [-0.1, -0.05) is 74.9 Å². The van der Waals surface area contributed by atoms with E-state index in [2.05, 4.69) is 144 Å². The fourth-order valence-electron chi connectivity index (χ4n) is 9.62. The van der Waals surface area contributed by atoms with Crippen LogP contribution in [0.15, 0.2) is 107 Å². The van der Waals surface area contributed by atoms with Crippen molar-refractivity contribution in [1.29, 1.82) is 0 Å². The highest BCUT2D eigenvalue weighted by molar-refractivity contribution is 6.15. The first-order chi connectivity index (χ1) is 31.4. The average Bonchev–Trinajstić information content (AvgIpc) is 3.86. The van der Waals surface area contributed by atoms with Crippen molar-refractivity contribution in [2.24, 2.45) is 10.7 Å². The number of ketones is 1. The number of hydrogen-bond donors (Lipinski definition) is 4. The van der Waals surface area contributed by atoms with E-state index in [9.17, 15) is 9.59 Å². The standard InChI is InChI=1S/C53H69N7O5/c1-52(2)41-16-8-10-18-43(41)59(5)46(52)23-21-38-14-13-15-39(34-38)22-24-47-53(3,4)42-17-9-11-19-44(42)60(47)27-12-6-7-20-49(62)56-26-29-64-31-33-65-32-30-63-28-25-55-36-40-37-57-51-50(40)45(61)35-48(54)58-51/h8-11,16-19,21-24,34,37,55H,6-7,12-15,20,25-33,35-36H2,1-5H3,(H3-,54,56,57,58,61,62)/p+1. The van der Waals surface area contributed by atoms with Crippen LogP contribution in [-0.2, 0) is 36.4 Å². The first-order valence-electron chi connectivity index (χ1n) is 23.6. The number of Topliss-reactive ketones (excluding diaryl/α,β-unsaturated/α-hetero) is 1. The van der Waals surface area contributed by atoms with Gasteiger partial charge in [-0.05, 0) is 80.4 Å². The third-order valence-corrected chi connectivity index (χ3v) is 13.1. The summed E-state index contributed by atoms with van der Waals surface area (Å²) >= 11 is 0. The zero-order valence-corrected chi connectivity index (χ0v) is 39.3. The second-order valence-corrected chi connectivity index (χ2v) is 18.5. The summed E-state index contributed by atoms with van der Waals surface area (Å²) in [4.78, 5) is 34.6. The predicted octanol–water partition coefficient (Wildman–Crippen LogP) is 8.39. The maximum absolute atomic E-state index is 12.6. The number of nitrogens with one attached hydrogen (secondary N) is 3. The van der Waals surface area contributed by atoms with Crippen LogP contribution in [0.1, 0.15) is 106 Å². The molecule has 7 rings (SSSR count). The first-order valence-corrected chi connectivity index (χ1v) is 23.6. The normalized spacial score (nSPS) is 18.7. The molecule has 0 spiro atoms. The van der Waals surface area contributed by atoms with E-state index in [0.717, 1.165) is 50.6 Å². The van der Waals surface area contributed by atoms with Crippen LogP contribution in [0.2, 0.25) is 0 Å². The summed E-state index contributed by atoms with van der Waals surface area (Å²) < 4.78 is 19.2. The van der Waals surface area contributed by atoms with E-state index in [1.807, 2.05) is 0 Å². The summed E-state index contributed by atoms with van der Waals surface area (Å²) in [6, 6.07) is 17.6. The number of hydrogen-bond acceptors (Lipinski definition) is 9. The third kappa shape index (κ3) is 11.7. The molecule has 0 fully saturated rings. The van der Waals surface area contributed by atoms with E-state index >= 15 is 0 Å². The smallest absolute Gasteiger partial charge is 0.220 e. The van der Waals surface area contributed by atoms with E-state index in [-0.39, 0.29) is 28.9 Å². The summed E-state index contributed by atoms with van der Waals surface area (Å²) in [5.41, 5.74) is 17.8. The zero-order chi connectivity index (χ0) is 45.8. The number of amides is 1. The molecule has 0 bridgehead atoms. The van der Waals surface area contributed by atoms with E-state index in [0.29, 0.717) is 82.9 Å². The highest BCUT2D eigenvalue weighted by Gasteiger charge is 2.43. The molecule has 346 valence electrons. The molecule has 4 heterocycles. The molecule has 4 aliphatic rings. The fraction of sp³-hybridized carbons (Fsp3) is 0.472. The average molecular weight is 885 g/mol. The molecule has 0 radical (unpaired) electrons. The number of aromatic nitrogens is 1. The van der Waals surface area contributed by atoms with Crippen molar-refractivity contribution in [2.75, 3.05) is 71.2 Å². The van der Waals surface area contributed by atoms with Gasteiger partial charge in [0.15, 0.2) is 11.5 Å². The van der Waals surface area contributed by atoms with Gasteiger partial charge in [0, 0.05) is 73.3 Å². The fourth-order valence-corrected chi connectivity index (χ4v) is 9.62. The number of carbonyl (C=O) groups excluding carboxylic acids is 2. The van der Waals surface area contributed by atoms with Crippen LogP contribution in [-0.4, -0.2) is 99.1 Å². The van der Waals surface area contributed by atoms with E-state index in [1.165, 1.54) is 45.1 Å². The second-order valence-electron chi connectivity index (χ2n) is 18.5. The van der Waals surface area contributed by atoms with Gasteiger partial charge in [-0.15, -0.1) is 0 Å². The Bertz CT molecular complexity index is 2360. The third-order valence-electron chi connectivity index (χ3n) is 13.1. The van der Waals surface area contributed by atoms with Gasteiger partial charge in [0.25, 0.3) is 0 Å². The number of carbonyl (C=O) groups is 2. The first kappa shape index (κ1) is 47.6. The number of unbranched alkanes of at least 4 members (excludes halogenated alkanes) is 2. The van der Waals surface area contributed by atoms with Crippen molar-refractivity contribution < 1.29 is 28.4 Å². The van der Waals surface area contributed by atoms with Crippen molar-refractivity contribution in [2.45, 2.75) is 96.4 Å². The lowest BCUT2D eigenvalue weighted by Gasteiger charge is -2.27.